The van der Waals surface area contributed by atoms with Crippen LogP contribution in [0.15, 0.2) is 0 Å². The molecule has 1 saturated heterocycles. The van der Waals surface area contributed by atoms with Crippen molar-refractivity contribution < 1.29 is 13.6 Å². The summed E-state index contributed by atoms with van der Waals surface area (Å²) in [5.41, 5.74) is 2.42. The first-order valence-electron chi connectivity index (χ1n) is 12.0. The van der Waals surface area contributed by atoms with Crippen LogP contribution in [0.25, 0.3) is 0 Å². The zero-order valence-electron chi connectivity index (χ0n) is 18.3. The highest BCUT2D eigenvalue weighted by molar-refractivity contribution is 7.92. The van der Waals surface area contributed by atoms with Gasteiger partial charge in [-0.25, -0.2) is 13.9 Å². The Balaban J connectivity index is 2.04. The van der Waals surface area contributed by atoms with E-state index in [9.17, 15) is 13.6 Å². The molecule has 1 heterocycles. The Morgan fingerprint density at radius 3 is 2.39 bits per heavy atom. The summed E-state index contributed by atoms with van der Waals surface area (Å²) in [6, 6.07) is 0.0551. The standard InChI is InChI=1S/C23H43NO3S/c1-4-6-14-23(5-2)16-28(26,27)21-13-12-19(24-25)15-20(21)22(17(23)3)18-10-8-7-9-11-18/h17-22,24-25H,4-16H2,1-3H3/t17-,19?,20?,21?,22-,23?/m0/s1. The zero-order chi connectivity index (χ0) is 20.4. The molecule has 2 aliphatic carbocycles. The number of hydrogen-bond donors (Lipinski definition) is 2. The maximum Gasteiger partial charge on any atom is 0.154 e. The van der Waals surface area contributed by atoms with Crippen LogP contribution in [0.2, 0.25) is 0 Å². The van der Waals surface area contributed by atoms with Crippen molar-refractivity contribution in [3.8, 4) is 0 Å². The molecule has 4 unspecified atom stereocenters. The number of rotatable bonds is 6. The zero-order valence-corrected chi connectivity index (χ0v) is 19.1. The van der Waals surface area contributed by atoms with Gasteiger partial charge in [0.1, 0.15) is 0 Å². The van der Waals surface area contributed by atoms with Gasteiger partial charge < -0.3 is 5.21 Å². The maximum absolute atomic E-state index is 13.7. The van der Waals surface area contributed by atoms with Crippen molar-refractivity contribution in [1.29, 1.82) is 0 Å². The van der Waals surface area contributed by atoms with Crippen molar-refractivity contribution in [3.05, 3.63) is 0 Å². The first kappa shape index (κ1) is 22.6. The van der Waals surface area contributed by atoms with Crippen LogP contribution < -0.4 is 5.48 Å². The molecule has 0 aromatic carbocycles. The Morgan fingerprint density at radius 2 is 1.79 bits per heavy atom. The lowest BCUT2D eigenvalue weighted by molar-refractivity contribution is 0.00934. The maximum atomic E-state index is 13.7. The second-order valence-electron chi connectivity index (χ2n) is 10.2. The van der Waals surface area contributed by atoms with Crippen LogP contribution in [0, 0.1) is 29.1 Å². The summed E-state index contributed by atoms with van der Waals surface area (Å²) in [5.74, 6) is 2.18. The molecule has 0 radical (unpaired) electrons. The van der Waals surface area contributed by atoms with E-state index >= 15 is 0 Å². The van der Waals surface area contributed by atoms with Crippen molar-refractivity contribution in [1.82, 2.24) is 5.48 Å². The van der Waals surface area contributed by atoms with Gasteiger partial charge in [-0.15, -0.1) is 0 Å². The van der Waals surface area contributed by atoms with Gasteiger partial charge in [-0.05, 0) is 61.2 Å². The van der Waals surface area contributed by atoms with E-state index in [4.69, 9.17) is 0 Å². The minimum atomic E-state index is -3.12. The summed E-state index contributed by atoms with van der Waals surface area (Å²) in [6.45, 7) is 6.84. The van der Waals surface area contributed by atoms with Gasteiger partial charge in [-0.2, -0.15) is 0 Å². The average Bonchev–Trinajstić information content (AvgIpc) is 2.78. The average molecular weight is 414 g/mol. The quantitative estimate of drug-likeness (QED) is 0.576. The van der Waals surface area contributed by atoms with Crippen LogP contribution >= 0.6 is 0 Å². The SMILES string of the molecule is CCCCC1(CC)CS(=O)(=O)C2CCC(NO)CC2[C@H](C2CCCCC2)[C@@H]1C. The van der Waals surface area contributed by atoms with E-state index in [1.807, 2.05) is 0 Å². The highest BCUT2D eigenvalue weighted by Gasteiger charge is 2.55. The summed E-state index contributed by atoms with van der Waals surface area (Å²) >= 11 is 0. The summed E-state index contributed by atoms with van der Waals surface area (Å²) in [4.78, 5) is 0. The van der Waals surface area contributed by atoms with Crippen LogP contribution in [0.3, 0.4) is 0 Å². The predicted octanol–water partition coefficient (Wildman–Crippen LogP) is 5.35. The normalized spacial score (nSPS) is 41.9. The molecule has 0 amide bonds. The lowest BCUT2D eigenvalue weighted by Gasteiger charge is -2.48. The molecule has 28 heavy (non-hydrogen) atoms. The summed E-state index contributed by atoms with van der Waals surface area (Å²) in [6.07, 6.45) is 13.0. The summed E-state index contributed by atoms with van der Waals surface area (Å²) in [5, 5.41) is 9.42. The lowest BCUT2D eigenvalue weighted by atomic mass is 9.57. The van der Waals surface area contributed by atoms with Crippen molar-refractivity contribution in [2.24, 2.45) is 29.1 Å². The third-order valence-electron chi connectivity index (χ3n) is 8.93. The number of nitrogens with one attached hydrogen (secondary N) is 1. The number of fused-ring (bicyclic) bond motifs is 1. The molecule has 3 fully saturated rings. The second-order valence-corrected chi connectivity index (χ2v) is 12.5. The Bertz CT molecular complexity index is 601. The molecule has 3 rings (SSSR count). The van der Waals surface area contributed by atoms with Crippen LogP contribution in [0.4, 0.5) is 0 Å². The number of unbranched alkanes of at least 4 members (excludes halogenated alkanes) is 1. The van der Waals surface area contributed by atoms with E-state index in [2.05, 4.69) is 26.3 Å². The number of hydroxylamine groups is 1. The number of sulfone groups is 1. The van der Waals surface area contributed by atoms with Crippen molar-refractivity contribution in [2.75, 3.05) is 5.75 Å². The Labute approximate surface area is 173 Å². The fourth-order valence-corrected chi connectivity index (χ4v) is 10.2. The third kappa shape index (κ3) is 4.32. The fraction of sp³-hybridized carbons (Fsp3) is 1.00. The largest absolute Gasteiger partial charge is 0.317 e. The highest BCUT2D eigenvalue weighted by atomic mass is 32.2. The molecule has 2 saturated carbocycles. The van der Waals surface area contributed by atoms with Gasteiger partial charge in [0, 0.05) is 6.04 Å². The van der Waals surface area contributed by atoms with Gasteiger partial charge in [-0.3, -0.25) is 0 Å². The first-order chi connectivity index (χ1) is 13.4. The lowest BCUT2D eigenvalue weighted by Crippen LogP contribution is -2.47. The van der Waals surface area contributed by atoms with Crippen LogP contribution in [0.1, 0.15) is 97.8 Å². The molecular formula is C23H43NO3S. The predicted molar refractivity (Wildman–Crippen MR) is 115 cm³/mol. The van der Waals surface area contributed by atoms with E-state index in [0.717, 1.165) is 44.9 Å². The van der Waals surface area contributed by atoms with Gasteiger partial charge in [0.25, 0.3) is 0 Å². The molecule has 164 valence electrons. The van der Waals surface area contributed by atoms with E-state index in [0.29, 0.717) is 23.5 Å². The molecule has 0 aromatic rings. The molecule has 0 spiro atoms. The minimum Gasteiger partial charge on any atom is -0.317 e. The Morgan fingerprint density at radius 1 is 1.07 bits per heavy atom. The summed E-state index contributed by atoms with van der Waals surface area (Å²) < 4.78 is 27.3. The van der Waals surface area contributed by atoms with E-state index in [1.165, 1.54) is 32.1 Å². The van der Waals surface area contributed by atoms with Gasteiger partial charge >= 0.3 is 0 Å². The van der Waals surface area contributed by atoms with Crippen LogP contribution in [-0.4, -0.2) is 30.7 Å². The molecule has 2 N–H and O–H groups in total. The third-order valence-corrected chi connectivity index (χ3v) is 11.4. The van der Waals surface area contributed by atoms with Crippen LogP contribution in [-0.2, 0) is 9.84 Å². The molecule has 5 heteroatoms. The Hall–Kier alpha value is -0.130. The van der Waals surface area contributed by atoms with E-state index in [1.54, 1.807) is 0 Å². The molecule has 3 aliphatic rings. The molecule has 6 atom stereocenters. The Kier molecular flexibility index (Phi) is 7.53. The molecule has 4 nitrogen and oxygen atoms in total. The highest BCUT2D eigenvalue weighted by Crippen LogP contribution is 2.55. The van der Waals surface area contributed by atoms with E-state index in [-0.39, 0.29) is 22.6 Å². The van der Waals surface area contributed by atoms with Gasteiger partial charge in [-0.1, -0.05) is 65.7 Å². The first-order valence-corrected chi connectivity index (χ1v) is 13.7. The topological polar surface area (TPSA) is 66.4 Å². The molecule has 0 aromatic heterocycles. The molecule has 1 aliphatic heterocycles. The van der Waals surface area contributed by atoms with Crippen molar-refractivity contribution in [3.63, 3.8) is 0 Å². The fourth-order valence-electron chi connectivity index (χ4n) is 7.27. The summed E-state index contributed by atoms with van der Waals surface area (Å²) in [7, 11) is -3.12. The van der Waals surface area contributed by atoms with Crippen molar-refractivity contribution >= 4 is 9.84 Å². The monoisotopic (exact) mass is 413 g/mol. The number of hydrogen-bond acceptors (Lipinski definition) is 4. The second kappa shape index (κ2) is 9.34. The van der Waals surface area contributed by atoms with Crippen LogP contribution in [0.5, 0.6) is 0 Å². The molecular weight excluding hydrogens is 370 g/mol. The van der Waals surface area contributed by atoms with Crippen molar-refractivity contribution in [2.45, 2.75) is 109 Å². The van der Waals surface area contributed by atoms with E-state index < -0.39 is 9.84 Å². The minimum absolute atomic E-state index is 0.0551. The smallest absolute Gasteiger partial charge is 0.154 e. The van der Waals surface area contributed by atoms with Gasteiger partial charge in [0.05, 0.1) is 11.0 Å². The van der Waals surface area contributed by atoms with Gasteiger partial charge in [0.2, 0.25) is 0 Å². The van der Waals surface area contributed by atoms with Gasteiger partial charge in [0.15, 0.2) is 9.84 Å². The molecule has 0 bridgehead atoms.